The van der Waals surface area contributed by atoms with Gasteiger partial charge in [-0.3, -0.25) is 4.57 Å². The molecule has 1 aromatic heterocycles. The molecule has 15 heavy (non-hydrogen) atoms. The van der Waals surface area contributed by atoms with E-state index >= 15 is 0 Å². The molecule has 0 amide bonds. The van der Waals surface area contributed by atoms with Gasteiger partial charge in [-0.1, -0.05) is 11.6 Å². The molecule has 80 valence electrons. The van der Waals surface area contributed by atoms with Crippen molar-refractivity contribution in [3.8, 4) is 0 Å². The topological polar surface area (TPSA) is 17.8 Å². The van der Waals surface area contributed by atoms with E-state index in [9.17, 15) is 8.78 Å². The Balaban J connectivity index is 2.81. The third-order valence-corrected chi connectivity index (χ3v) is 2.75. The fourth-order valence-corrected chi connectivity index (χ4v) is 1.75. The quantitative estimate of drug-likeness (QED) is 0.730. The van der Waals surface area contributed by atoms with Crippen molar-refractivity contribution in [3.05, 3.63) is 28.5 Å². The van der Waals surface area contributed by atoms with Gasteiger partial charge in [-0.2, -0.15) is 8.78 Å². The minimum Gasteiger partial charge on any atom is -0.270 e. The lowest BCUT2D eigenvalue weighted by Crippen LogP contribution is -2.00. The number of fused-ring (bicyclic) bond motifs is 1. The number of halogens is 3. The first-order chi connectivity index (χ1) is 7.00. The van der Waals surface area contributed by atoms with Gasteiger partial charge in [0.1, 0.15) is 5.82 Å². The van der Waals surface area contributed by atoms with Crippen LogP contribution in [0.3, 0.4) is 0 Å². The number of alkyl halides is 2. The summed E-state index contributed by atoms with van der Waals surface area (Å²) in [6.07, 6.45) is 0. The Bertz CT molecular complexity index is 520. The molecule has 0 aliphatic heterocycles. The van der Waals surface area contributed by atoms with Crippen molar-refractivity contribution >= 4 is 22.6 Å². The molecule has 0 saturated heterocycles. The van der Waals surface area contributed by atoms with Gasteiger partial charge in [0.05, 0.1) is 11.0 Å². The monoisotopic (exact) mass is 230 g/mol. The first kappa shape index (κ1) is 10.4. The van der Waals surface area contributed by atoms with E-state index in [1.165, 1.54) is 0 Å². The van der Waals surface area contributed by atoms with Gasteiger partial charge in [0.15, 0.2) is 0 Å². The van der Waals surface area contributed by atoms with Gasteiger partial charge in [-0.25, -0.2) is 4.98 Å². The Morgan fingerprint density at radius 3 is 2.60 bits per heavy atom. The van der Waals surface area contributed by atoms with Crippen molar-refractivity contribution in [2.24, 2.45) is 0 Å². The summed E-state index contributed by atoms with van der Waals surface area (Å²) in [4.78, 5) is 4.03. The number of nitrogens with zero attached hydrogens (tertiary/aromatic N) is 2. The fraction of sp³-hybridized carbons (Fsp3) is 0.300. The van der Waals surface area contributed by atoms with Crippen LogP contribution in [0, 0.1) is 13.8 Å². The molecule has 0 fully saturated rings. The second-order valence-electron chi connectivity index (χ2n) is 3.40. The maximum Gasteiger partial charge on any atom is 0.320 e. The van der Waals surface area contributed by atoms with Gasteiger partial charge < -0.3 is 0 Å². The number of hydrogen-bond acceptors (Lipinski definition) is 1. The van der Waals surface area contributed by atoms with Crippen LogP contribution in [-0.2, 0) is 0 Å². The average Bonchev–Trinajstić information content (AvgIpc) is 2.41. The number of benzene rings is 1. The Morgan fingerprint density at radius 2 is 2.00 bits per heavy atom. The van der Waals surface area contributed by atoms with Gasteiger partial charge in [0.2, 0.25) is 0 Å². The zero-order valence-electron chi connectivity index (χ0n) is 8.26. The SMILES string of the molecule is Cc1cc2c(cc1Cl)nc(C)n2C(F)F. The molecule has 0 aliphatic rings. The lowest BCUT2D eigenvalue weighted by molar-refractivity contribution is 0.0724. The predicted octanol–water partition coefficient (Wildman–Crippen LogP) is 3.70. The molecule has 0 spiro atoms. The molecular formula is C10H9ClF2N2. The summed E-state index contributed by atoms with van der Waals surface area (Å²) in [5.74, 6) is 0.293. The summed E-state index contributed by atoms with van der Waals surface area (Å²) in [6.45, 7) is 0.755. The first-order valence-corrected chi connectivity index (χ1v) is 4.81. The van der Waals surface area contributed by atoms with Crippen molar-refractivity contribution in [2.75, 3.05) is 0 Å². The average molecular weight is 231 g/mol. The van der Waals surface area contributed by atoms with E-state index in [-0.39, 0.29) is 0 Å². The van der Waals surface area contributed by atoms with E-state index in [0.717, 1.165) is 10.1 Å². The number of aryl methyl sites for hydroxylation is 2. The van der Waals surface area contributed by atoms with E-state index < -0.39 is 6.55 Å². The smallest absolute Gasteiger partial charge is 0.270 e. The van der Waals surface area contributed by atoms with Gasteiger partial charge >= 0.3 is 6.55 Å². The molecule has 0 N–H and O–H groups in total. The Labute approximate surface area is 90.5 Å². The highest BCUT2D eigenvalue weighted by atomic mass is 35.5. The van der Waals surface area contributed by atoms with Crippen LogP contribution in [0.5, 0.6) is 0 Å². The van der Waals surface area contributed by atoms with E-state index in [4.69, 9.17) is 11.6 Å². The molecule has 2 aromatic rings. The molecule has 0 unspecified atom stereocenters. The van der Waals surface area contributed by atoms with Crippen LogP contribution in [0.1, 0.15) is 17.9 Å². The Hall–Kier alpha value is -1.16. The number of imidazole rings is 1. The molecule has 5 heteroatoms. The lowest BCUT2D eigenvalue weighted by atomic mass is 10.2. The lowest BCUT2D eigenvalue weighted by Gasteiger charge is -2.05. The normalized spacial score (nSPS) is 11.6. The summed E-state index contributed by atoms with van der Waals surface area (Å²) in [7, 11) is 0. The largest absolute Gasteiger partial charge is 0.320 e. The number of rotatable bonds is 1. The van der Waals surface area contributed by atoms with Crippen molar-refractivity contribution in [1.82, 2.24) is 9.55 Å². The summed E-state index contributed by atoms with van der Waals surface area (Å²) < 4.78 is 26.3. The minimum atomic E-state index is -2.57. The van der Waals surface area contributed by atoms with Crippen LogP contribution >= 0.6 is 11.6 Å². The molecule has 1 aromatic carbocycles. The first-order valence-electron chi connectivity index (χ1n) is 4.43. The second-order valence-corrected chi connectivity index (χ2v) is 3.80. The van der Waals surface area contributed by atoms with Gasteiger partial charge in [0.25, 0.3) is 0 Å². The summed E-state index contributed by atoms with van der Waals surface area (Å²) in [5, 5.41) is 0.543. The van der Waals surface area contributed by atoms with Crippen LogP contribution in [0.15, 0.2) is 12.1 Å². The van der Waals surface area contributed by atoms with E-state index in [2.05, 4.69) is 4.98 Å². The van der Waals surface area contributed by atoms with Gasteiger partial charge in [-0.05, 0) is 31.5 Å². The van der Waals surface area contributed by atoms with Crippen LogP contribution in [0.4, 0.5) is 8.78 Å². The summed E-state index contributed by atoms with van der Waals surface area (Å²) in [6, 6.07) is 3.24. The molecule has 2 rings (SSSR count). The molecular weight excluding hydrogens is 222 g/mol. The highest BCUT2D eigenvalue weighted by Gasteiger charge is 2.15. The van der Waals surface area contributed by atoms with Crippen LogP contribution in [0.2, 0.25) is 5.02 Å². The second kappa shape index (κ2) is 3.45. The van der Waals surface area contributed by atoms with Gasteiger partial charge in [0, 0.05) is 5.02 Å². The maximum absolute atomic E-state index is 12.7. The summed E-state index contributed by atoms with van der Waals surface area (Å²) in [5.41, 5.74) is 1.69. The third kappa shape index (κ3) is 1.59. The third-order valence-electron chi connectivity index (χ3n) is 2.34. The molecule has 0 radical (unpaired) electrons. The molecule has 1 heterocycles. The number of aromatic nitrogens is 2. The van der Waals surface area contributed by atoms with Crippen molar-refractivity contribution in [1.29, 1.82) is 0 Å². The highest BCUT2D eigenvalue weighted by Crippen LogP contribution is 2.27. The molecule has 0 bridgehead atoms. The zero-order chi connectivity index (χ0) is 11.2. The molecule has 0 saturated carbocycles. The standard InChI is InChI=1S/C10H9ClF2N2/c1-5-3-9-8(4-7(5)11)14-6(2)15(9)10(12)13/h3-4,10H,1-2H3. The van der Waals surface area contributed by atoms with E-state index in [1.807, 2.05) is 0 Å². The van der Waals surface area contributed by atoms with E-state index in [1.54, 1.807) is 26.0 Å². The van der Waals surface area contributed by atoms with E-state index in [0.29, 0.717) is 21.9 Å². The van der Waals surface area contributed by atoms with Gasteiger partial charge in [-0.15, -0.1) is 0 Å². The fourth-order valence-electron chi connectivity index (χ4n) is 1.59. The molecule has 0 atom stereocenters. The minimum absolute atomic E-state index is 0.293. The maximum atomic E-state index is 12.7. The molecule has 2 nitrogen and oxygen atoms in total. The highest BCUT2D eigenvalue weighted by molar-refractivity contribution is 6.32. The number of hydrogen-bond donors (Lipinski definition) is 0. The van der Waals surface area contributed by atoms with Crippen LogP contribution < -0.4 is 0 Å². The van der Waals surface area contributed by atoms with Crippen LogP contribution in [-0.4, -0.2) is 9.55 Å². The molecule has 0 aliphatic carbocycles. The van der Waals surface area contributed by atoms with Crippen molar-refractivity contribution < 1.29 is 8.78 Å². The zero-order valence-corrected chi connectivity index (χ0v) is 9.02. The predicted molar refractivity (Wildman–Crippen MR) is 55.5 cm³/mol. The Morgan fingerprint density at radius 1 is 1.33 bits per heavy atom. The van der Waals surface area contributed by atoms with Crippen molar-refractivity contribution in [3.63, 3.8) is 0 Å². The van der Waals surface area contributed by atoms with Crippen molar-refractivity contribution in [2.45, 2.75) is 20.4 Å². The van der Waals surface area contributed by atoms with Crippen LogP contribution in [0.25, 0.3) is 11.0 Å². The Kier molecular flexibility index (Phi) is 2.38. The summed E-state index contributed by atoms with van der Waals surface area (Å²) >= 11 is 5.89.